The Morgan fingerprint density at radius 2 is 1.88 bits per heavy atom. The van der Waals surface area contributed by atoms with Crippen molar-refractivity contribution in [3.05, 3.63) is 78.1 Å². The highest BCUT2D eigenvalue weighted by molar-refractivity contribution is 7.14. The molecule has 2 heterocycles. The highest BCUT2D eigenvalue weighted by Gasteiger charge is 2.24. The molecule has 0 atom stereocenters. The summed E-state index contributed by atoms with van der Waals surface area (Å²) in [5.41, 5.74) is 6.39. The van der Waals surface area contributed by atoms with E-state index in [9.17, 15) is 19.2 Å². The minimum atomic E-state index is -0.787. The Balaban J connectivity index is 1.83. The normalized spacial score (nSPS) is 10.8. The number of nitrogens with one attached hydrogen (secondary N) is 1. The third-order valence-corrected chi connectivity index (χ3v) is 6.29. The van der Waals surface area contributed by atoms with E-state index in [1.807, 2.05) is 44.2 Å². The second-order valence-electron chi connectivity index (χ2n) is 7.32. The van der Waals surface area contributed by atoms with Crippen LogP contribution < -0.4 is 21.9 Å². The number of benzene rings is 1. The van der Waals surface area contributed by atoms with Crippen molar-refractivity contribution in [3.63, 3.8) is 0 Å². The van der Waals surface area contributed by atoms with Gasteiger partial charge < -0.3 is 15.4 Å². The number of likely N-dealkylation sites (N-methyl/N-ethyl adjacent to an activating group) is 1. The lowest BCUT2D eigenvalue weighted by atomic mass is 10.2. The molecule has 9 nitrogen and oxygen atoms in total. The second kappa shape index (κ2) is 10.3. The van der Waals surface area contributed by atoms with Gasteiger partial charge in [0, 0.05) is 11.4 Å². The van der Waals surface area contributed by atoms with Crippen LogP contribution in [0.15, 0.2) is 46.0 Å². The fourth-order valence-electron chi connectivity index (χ4n) is 3.47. The average molecular weight is 471 g/mol. The Labute approximate surface area is 194 Å². The second-order valence-corrected chi connectivity index (χ2v) is 8.58. The van der Waals surface area contributed by atoms with Crippen molar-refractivity contribution in [2.24, 2.45) is 0 Å². The molecule has 0 aliphatic carbocycles. The maximum absolute atomic E-state index is 12.9. The number of amides is 1. The van der Waals surface area contributed by atoms with Gasteiger partial charge in [-0.15, -0.1) is 11.3 Å². The molecule has 0 saturated carbocycles. The summed E-state index contributed by atoms with van der Waals surface area (Å²) < 4.78 is 6.38. The fraction of sp³-hybridized carbons (Fsp3) is 0.304. The summed E-state index contributed by atoms with van der Waals surface area (Å²) in [6.45, 7) is 5.21. The van der Waals surface area contributed by atoms with Gasteiger partial charge in [0.05, 0.1) is 6.54 Å². The number of nitrogens with zero attached hydrogens (tertiary/aromatic N) is 2. The summed E-state index contributed by atoms with van der Waals surface area (Å²) in [5, 5.41) is 0. The van der Waals surface area contributed by atoms with Crippen LogP contribution in [0.4, 0.5) is 11.5 Å². The predicted molar refractivity (Wildman–Crippen MR) is 128 cm³/mol. The predicted octanol–water partition coefficient (Wildman–Crippen LogP) is 2.31. The first-order valence-corrected chi connectivity index (χ1v) is 11.3. The first kappa shape index (κ1) is 24.0. The van der Waals surface area contributed by atoms with Crippen LogP contribution in [-0.2, 0) is 22.5 Å². The molecule has 10 heteroatoms. The van der Waals surface area contributed by atoms with Gasteiger partial charge >= 0.3 is 11.7 Å². The summed E-state index contributed by atoms with van der Waals surface area (Å²) >= 11 is 1.31. The lowest BCUT2D eigenvalue weighted by molar-refractivity contribution is -0.121. The van der Waals surface area contributed by atoms with Gasteiger partial charge in [0.15, 0.2) is 12.3 Å². The Hall–Kier alpha value is -3.66. The lowest BCUT2D eigenvalue weighted by Gasteiger charge is -2.23. The monoisotopic (exact) mass is 470 g/mol. The number of nitrogens with two attached hydrogens (primary N) is 1. The standard InChI is InChI=1S/C23H26N4O5S/c1-4-16-11-17(33-14(16)3)22(30)32-13-18(28)26(5-2)19-20(24)27(23(31)25-21(19)29)12-15-9-7-6-8-10-15/h6-11H,4-5,12-13,24H2,1-3H3,(H,25,29,31). The number of H-pyrrole nitrogens is 1. The number of aromatic amines is 1. The zero-order valence-electron chi connectivity index (χ0n) is 18.7. The molecule has 0 aliphatic rings. The Morgan fingerprint density at radius 3 is 2.48 bits per heavy atom. The van der Waals surface area contributed by atoms with Gasteiger partial charge in [-0.05, 0) is 37.5 Å². The number of carbonyl (C=O) groups is 2. The van der Waals surface area contributed by atoms with Gasteiger partial charge in [-0.2, -0.15) is 0 Å². The number of thiophene rings is 1. The van der Waals surface area contributed by atoms with Gasteiger partial charge in [0.25, 0.3) is 11.5 Å². The van der Waals surface area contributed by atoms with E-state index < -0.39 is 29.7 Å². The Morgan fingerprint density at radius 1 is 1.18 bits per heavy atom. The zero-order chi connectivity index (χ0) is 24.1. The van der Waals surface area contributed by atoms with Gasteiger partial charge in [0.1, 0.15) is 10.7 Å². The zero-order valence-corrected chi connectivity index (χ0v) is 19.5. The van der Waals surface area contributed by atoms with E-state index in [0.717, 1.165) is 27.3 Å². The number of ether oxygens (including phenoxy) is 1. The molecule has 3 N–H and O–H groups in total. The van der Waals surface area contributed by atoms with Crippen LogP contribution in [0.25, 0.3) is 0 Å². The third kappa shape index (κ3) is 5.23. The molecule has 0 fully saturated rings. The number of anilines is 2. The minimum absolute atomic E-state index is 0.0886. The maximum atomic E-state index is 12.9. The van der Waals surface area contributed by atoms with Crippen LogP contribution >= 0.6 is 11.3 Å². The fourth-order valence-corrected chi connectivity index (χ4v) is 4.48. The van der Waals surface area contributed by atoms with Crippen molar-refractivity contribution in [3.8, 4) is 0 Å². The molecule has 0 saturated heterocycles. The summed E-state index contributed by atoms with van der Waals surface area (Å²) in [7, 11) is 0. The first-order chi connectivity index (χ1) is 15.8. The molecule has 174 valence electrons. The lowest BCUT2D eigenvalue weighted by Crippen LogP contribution is -2.42. The van der Waals surface area contributed by atoms with E-state index in [0.29, 0.717) is 4.88 Å². The van der Waals surface area contributed by atoms with Crippen LogP contribution in [0.5, 0.6) is 0 Å². The van der Waals surface area contributed by atoms with Crippen molar-refractivity contribution in [1.82, 2.24) is 9.55 Å². The molecule has 0 spiro atoms. The molecular weight excluding hydrogens is 444 g/mol. The molecule has 0 aliphatic heterocycles. The van der Waals surface area contributed by atoms with Crippen LogP contribution in [0.3, 0.4) is 0 Å². The van der Waals surface area contributed by atoms with E-state index in [-0.39, 0.29) is 24.6 Å². The van der Waals surface area contributed by atoms with E-state index in [1.54, 1.807) is 13.0 Å². The maximum Gasteiger partial charge on any atom is 0.348 e. The van der Waals surface area contributed by atoms with Crippen molar-refractivity contribution in [2.75, 3.05) is 23.8 Å². The SMILES string of the molecule is CCc1cc(C(=O)OCC(=O)N(CC)c2c(N)n(Cc3ccccc3)c(=O)[nH]c2=O)sc1C. The summed E-state index contributed by atoms with van der Waals surface area (Å²) in [6, 6.07) is 10.9. The summed E-state index contributed by atoms with van der Waals surface area (Å²) in [6.07, 6.45) is 0.791. The van der Waals surface area contributed by atoms with E-state index in [4.69, 9.17) is 10.5 Å². The van der Waals surface area contributed by atoms with Crippen molar-refractivity contribution < 1.29 is 14.3 Å². The molecule has 3 rings (SSSR count). The van der Waals surface area contributed by atoms with Gasteiger partial charge in [-0.1, -0.05) is 37.3 Å². The largest absolute Gasteiger partial charge is 0.451 e. The summed E-state index contributed by atoms with van der Waals surface area (Å²) in [5.74, 6) is -1.38. The van der Waals surface area contributed by atoms with Gasteiger partial charge in [-0.25, -0.2) is 9.59 Å². The van der Waals surface area contributed by atoms with Crippen molar-refractivity contribution >= 4 is 34.7 Å². The van der Waals surface area contributed by atoms with Gasteiger partial charge in [0.2, 0.25) is 0 Å². The molecule has 0 bridgehead atoms. The Bertz CT molecular complexity index is 1280. The highest BCUT2D eigenvalue weighted by Crippen LogP contribution is 2.23. The minimum Gasteiger partial charge on any atom is -0.451 e. The number of hydrogen-bond donors (Lipinski definition) is 2. The number of carbonyl (C=O) groups excluding carboxylic acids is 2. The number of nitrogen functional groups attached to an aromatic ring is 1. The number of rotatable bonds is 8. The topological polar surface area (TPSA) is 127 Å². The molecule has 1 aromatic carbocycles. The van der Waals surface area contributed by atoms with Crippen LogP contribution in [0.1, 0.15) is 39.5 Å². The highest BCUT2D eigenvalue weighted by atomic mass is 32.1. The molecule has 0 unspecified atom stereocenters. The van der Waals surface area contributed by atoms with E-state index in [1.165, 1.54) is 15.9 Å². The van der Waals surface area contributed by atoms with Crippen molar-refractivity contribution in [2.45, 2.75) is 33.7 Å². The molecule has 3 aromatic rings. The van der Waals surface area contributed by atoms with E-state index >= 15 is 0 Å². The number of aryl methyl sites for hydroxylation is 2. The van der Waals surface area contributed by atoms with Crippen molar-refractivity contribution in [1.29, 1.82) is 0 Å². The number of hydrogen-bond acceptors (Lipinski definition) is 7. The van der Waals surface area contributed by atoms with E-state index in [2.05, 4.69) is 4.98 Å². The quantitative estimate of drug-likeness (QED) is 0.486. The molecule has 2 aromatic heterocycles. The average Bonchev–Trinajstić information content (AvgIpc) is 3.19. The van der Waals surface area contributed by atoms with Crippen LogP contribution in [0, 0.1) is 6.92 Å². The summed E-state index contributed by atoms with van der Waals surface area (Å²) in [4.78, 5) is 54.9. The Kier molecular flexibility index (Phi) is 7.49. The number of esters is 1. The van der Waals surface area contributed by atoms with Crippen LogP contribution in [0.2, 0.25) is 0 Å². The third-order valence-electron chi connectivity index (χ3n) is 5.21. The van der Waals surface area contributed by atoms with Gasteiger partial charge in [-0.3, -0.25) is 19.1 Å². The molecular formula is C23H26N4O5S. The molecule has 0 radical (unpaired) electrons. The first-order valence-electron chi connectivity index (χ1n) is 10.5. The van der Waals surface area contributed by atoms with Crippen LogP contribution in [-0.4, -0.2) is 34.6 Å². The molecule has 1 amide bonds. The number of aromatic nitrogens is 2. The smallest absolute Gasteiger partial charge is 0.348 e. The molecule has 33 heavy (non-hydrogen) atoms.